The molecule has 3 heterocycles. The van der Waals surface area contributed by atoms with E-state index in [4.69, 9.17) is 4.74 Å². The van der Waals surface area contributed by atoms with Crippen LogP contribution in [0, 0.1) is 16.8 Å². The molecule has 3 N–H and O–H groups in total. The van der Waals surface area contributed by atoms with Gasteiger partial charge >= 0.3 is 0 Å². The second-order valence-corrected chi connectivity index (χ2v) is 9.03. The molecule has 2 aliphatic carbocycles. The molecule has 35 heavy (non-hydrogen) atoms. The largest absolute Gasteiger partial charge is 0.624 e. The van der Waals surface area contributed by atoms with E-state index in [1.165, 1.54) is 12.1 Å². The number of rotatable bonds is 3. The number of hydroxylamine groups is 3. The number of fused-ring (bicyclic) bond motifs is 5. The number of nitrogens with one attached hydrogen (secondary N) is 1. The van der Waals surface area contributed by atoms with E-state index in [9.17, 15) is 29.0 Å². The first-order valence-corrected chi connectivity index (χ1v) is 11.1. The summed E-state index contributed by atoms with van der Waals surface area (Å²) in [4.78, 5) is 14.8. The van der Waals surface area contributed by atoms with Crippen LogP contribution < -0.4 is 5.32 Å². The van der Waals surface area contributed by atoms with Crippen molar-refractivity contribution in [1.29, 1.82) is 0 Å². The number of carbonyl (C=O) groups excluding carboxylic acids is 1. The zero-order chi connectivity index (χ0) is 24.5. The Balaban J connectivity index is 1.25. The molecular formula is C25H21F2N3O5. The van der Waals surface area contributed by atoms with Gasteiger partial charge in [0.15, 0.2) is 11.5 Å². The summed E-state index contributed by atoms with van der Waals surface area (Å²) in [5.74, 6) is -2.49. The Hall–Kier alpha value is -3.73. The van der Waals surface area contributed by atoms with Gasteiger partial charge < -0.3 is 30.4 Å². The maximum absolute atomic E-state index is 14.0. The lowest BCUT2D eigenvalue weighted by molar-refractivity contribution is -0.885. The van der Waals surface area contributed by atoms with Crippen LogP contribution in [0.3, 0.4) is 0 Å². The monoisotopic (exact) mass is 481 g/mol. The number of carbonyl (C=O) groups is 1. The van der Waals surface area contributed by atoms with Gasteiger partial charge in [-0.3, -0.25) is 9.44 Å². The van der Waals surface area contributed by atoms with Crippen molar-refractivity contribution in [3.63, 3.8) is 0 Å². The van der Waals surface area contributed by atoms with E-state index in [0.29, 0.717) is 23.9 Å². The predicted molar refractivity (Wildman–Crippen MR) is 119 cm³/mol. The lowest BCUT2D eigenvalue weighted by Crippen LogP contribution is -2.63. The van der Waals surface area contributed by atoms with E-state index in [-0.39, 0.29) is 41.5 Å². The molecule has 0 radical (unpaired) electrons. The fourth-order valence-corrected chi connectivity index (χ4v) is 5.20. The van der Waals surface area contributed by atoms with Crippen molar-refractivity contribution in [2.45, 2.75) is 24.9 Å². The number of hydrogen-bond acceptors (Lipinski definition) is 6. The maximum Gasteiger partial charge on any atom is 0.256 e. The molecule has 0 bridgehead atoms. The molecule has 4 atom stereocenters. The smallest absolute Gasteiger partial charge is 0.256 e. The minimum Gasteiger partial charge on any atom is -0.624 e. The summed E-state index contributed by atoms with van der Waals surface area (Å²) < 4.78 is 32.2. The lowest BCUT2D eigenvalue weighted by Gasteiger charge is -2.52. The molecule has 0 spiro atoms. The number of benzene rings is 1. The molecule has 6 rings (SSSR count). The average molecular weight is 481 g/mol. The first kappa shape index (κ1) is 21.8. The van der Waals surface area contributed by atoms with Gasteiger partial charge in [0, 0.05) is 24.4 Å². The van der Waals surface area contributed by atoms with Crippen LogP contribution in [-0.4, -0.2) is 57.1 Å². The third-order valence-electron chi connectivity index (χ3n) is 6.96. The van der Waals surface area contributed by atoms with Gasteiger partial charge in [-0.2, -0.15) is 0 Å². The second kappa shape index (κ2) is 7.64. The summed E-state index contributed by atoms with van der Waals surface area (Å²) >= 11 is 0. The number of piperazine rings is 1. The summed E-state index contributed by atoms with van der Waals surface area (Å²) in [5, 5.41) is 38.2. The molecule has 1 amide bonds. The zero-order valence-corrected chi connectivity index (χ0v) is 18.3. The highest BCUT2D eigenvalue weighted by atomic mass is 19.1. The number of nitrogens with zero attached hydrogens (tertiary/aromatic N) is 2. The van der Waals surface area contributed by atoms with Crippen molar-refractivity contribution in [2.24, 2.45) is 0 Å². The lowest BCUT2D eigenvalue weighted by atomic mass is 9.90. The molecule has 0 saturated carbocycles. The summed E-state index contributed by atoms with van der Waals surface area (Å²) in [6.07, 6.45) is 8.19. The Morgan fingerprint density at radius 1 is 1.29 bits per heavy atom. The number of allylic oxidation sites excluding steroid dienone is 5. The topological polar surface area (TPSA) is 105 Å². The van der Waals surface area contributed by atoms with Gasteiger partial charge in [0.2, 0.25) is 0 Å². The number of halogens is 2. The maximum atomic E-state index is 14.0. The van der Waals surface area contributed by atoms with Crippen molar-refractivity contribution in [2.75, 3.05) is 13.1 Å². The van der Waals surface area contributed by atoms with E-state index in [1.54, 1.807) is 6.08 Å². The van der Waals surface area contributed by atoms with Gasteiger partial charge in [-0.05, 0) is 29.9 Å². The minimum atomic E-state index is -1.68. The van der Waals surface area contributed by atoms with Crippen LogP contribution in [0.15, 0.2) is 88.7 Å². The SMILES string of the molecule is O=C(NCc1ccc(F)cc1F)C1=CC2=CC3=C(C2=C(O)C1O)[N+]1([O-])C[C@@H]2C=CC=CN2CC1O3. The molecule has 3 unspecified atom stereocenters. The molecule has 1 fully saturated rings. The van der Waals surface area contributed by atoms with E-state index in [1.807, 2.05) is 29.3 Å². The Morgan fingerprint density at radius 3 is 2.91 bits per heavy atom. The second-order valence-electron chi connectivity index (χ2n) is 9.03. The summed E-state index contributed by atoms with van der Waals surface area (Å²) in [5.41, 5.74) is 0.697. The number of ether oxygens (including phenoxy) is 1. The van der Waals surface area contributed by atoms with E-state index < -0.39 is 40.3 Å². The molecule has 10 heteroatoms. The summed E-state index contributed by atoms with van der Waals surface area (Å²) in [6.45, 7) is 0.287. The van der Waals surface area contributed by atoms with Gasteiger partial charge in [-0.1, -0.05) is 18.2 Å². The summed E-state index contributed by atoms with van der Waals surface area (Å²) in [6, 6.07) is 2.86. The van der Waals surface area contributed by atoms with Crippen molar-refractivity contribution in [3.05, 3.63) is 111 Å². The van der Waals surface area contributed by atoms with Gasteiger partial charge in [-0.25, -0.2) is 8.78 Å². The Morgan fingerprint density at radius 2 is 2.11 bits per heavy atom. The van der Waals surface area contributed by atoms with Gasteiger partial charge in [-0.15, -0.1) is 0 Å². The van der Waals surface area contributed by atoms with Crippen molar-refractivity contribution < 1.29 is 33.2 Å². The highest BCUT2D eigenvalue weighted by Gasteiger charge is 2.55. The van der Waals surface area contributed by atoms with E-state index in [0.717, 1.165) is 6.07 Å². The highest BCUT2D eigenvalue weighted by Crippen LogP contribution is 2.50. The molecule has 3 aliphatic heterocycles. The van der Waals surface area contributed by atoms with Crippen LogP contribution in [0.2, 0.25) is 0 Å². The van der Waals surface area contributed by atoms with Crippen LogP contribution in [0.5, 0.6) is 0 Å². The molecule has 8 nitrogen and oxygen atoms in total. The van der Waals surface area contributed by atoms with Gasteiger partial charge in [0.25, 0.3) is 12.1 Å². The number of aliphatic hydroxyl groups is 2. The number of aliphatic hydroxyl groups excluding tert-OH is 2. The number of amides is 1. The van der Waals surface area contributed by atoms with Crippen LogP contribution >= 0.6 is 0 Å². The fraction of sp³-hybridized carbons (Fsp3) is 0.240. The Bertz CT molecular complexity index is 1340. The fourth-order valence-electron chi connectivity index (χ4n) is 5.20. The molecule has 1 saturated heterocycles. The first-order valence-electron chi connectivity index (χ1n) is 11.1. The van der Waals surface area contributed by atoms with Crippen LogP contribution in [-0.2, 0) is 16.1 Å². The molecule has 5 aliphatic rings. The van der Waals surface area contributed by atoms with Gasteiger partial charge in [0.1, 0.15) is 36.6 Å². The predicted octanol–water partition coefficient (Wildman–Crippen LogP) is 2.28. The van der Waals surface area contributed by atoms with Crippen LogP contribution in [0.1, 0.15) is 5.56 Å². The molecule has 1 aromatic rings. The van der Waals surface area contributed by atoms with Gasteiger partial charge in [0.05, 0.1) is 17.2 Å². The Labute approximate surface area is 198 Å². The van der Waals surface area contributed by atoms with Crippen molar-refractivity contribution >= 4 is 5.91 Å². The van der Waals surface area contributed by atoms with E-state index in [2.05, 4.69) is 5.32 Å². The summed E-state index contributed by atoms with van der Waals surface area (Å²) in [7, 11) is 0. The third-order valence-corrected chi connectivity index (χ3v) is 6.96. The normalized spacial score (nSPS) is 30.3. The minimum absolute atomic E-state index is 0.0646. The van der Waals surface area contributed by atoms with E-state index >= 15 is 0 Å². The van der Waals surface area contributed by atoms with Crippen LogP contribution in [0.4, 0.5) is 8.78 Å². The quantitative estimate of drug-likeness (QED) is 0.452. The standard InChI is InChI=1S/C25H21F2N3O5/c26-15-5-4-13(18(27)9-15)10-28-25(33)17-7-14-8-19-22(21(14)24(32)23(17)31)30(34)12-16-3-1-2-6-29(16)11-20(30)35-19/h1-9,16,20,23,31-32H,10-12H2,(H,28,33)/t16-,20?,23?,30?/m0/s1. The van der Waals surface area contributed by atoms with Crippen LogP contribution in [0.25, 0.3) is 0 Å². The third kappa shape index (κ3) is 3.25. The molecular weight excluding hydrogens is 460 g/mol. The molecule has 180 valence electrons. The number of quaternary nitrogens is 1. The molecule has 1 aromatic carbocycles. The zero-order valence-electron chi connectivity index (χ0n) is 18.3. The highest BCUT2D eigenvalue weighted by molar-refractivity contribution is 5.97. The average Bonchev–Trinajstić information content (AvgIpc) is 3.32. The van der Waals surface area contributed by atoms with Crippen molar-refractivity contribution in [3.8, 4) is 0 Å². The first-order chi connectivity index (χ1) is 16.8. The van der Waals surface area contributed by atoms with Crippen molar-refractivity contribution in [1.82, 2.24) is 10.2 Å². The molecule has 0 aromatic heterocycles. The number of hydrogen-bond donors (Lipinski definition) is 3. The Kier molecular flexibility index (Phi) is 4.75.